The minimum absolute atomic E-state index is 0.230. The second kappa shape index (κ2) is 6.83. The normalized spacial score (nSPS) is 10.3. The Morgan fingerprint density at radius 1 is 1.17 bits per heavy atom. The molecule has 0 bridgehead atoms. The predicted octanol–water partition coefficient (Wildman–Crippen LogP) is 3.75. The number of rotatable bonds is 4. The molecule has 5 nitrogen and oxygen atoms in total. The van der Waals surface area contributed by atoms with Crippen molar-refractivity contribution in [2.45, 2.75) is 20.8 Å². The lowest BCUT2D eigenvalue weighted by molar-refractivity contribution is 0.0601. The Bertz CT molecular complexity index is 765. The van der Waals surface area contributed by atoms with Gasteiger partial charge in [-0.15, -0.1) is 11.3 Å². The lowest BCUT2D eigenvalue weighted by Crippen LogP contribution is -2.13. The first-order valence-electron chi connectivity index (χ1n) is 7.17. The van der Waals surface area contributed by atoms with Crippen molar-refractivity contribution in [3.8, 4) is 0 Å². The highest BCUT2D eigenvalue weighted by Gasteiger charge is 2.24. The maximum atomic E-state index is 12.6. The largest absolute Gasteiger partial charge is 0.465 e. The second-order valence-corrected chi connectivity index (χ2v) is 6.30. The van der Waals surface area contributed by atoms with Crippen molar-refractivity contribution in [2.75, 3.05) is 24.8 Å². The van der Waals surface area contributed by atoms with E-state index in [-0.39, 0.29) is 5.91 Å². The van der Waals surface area contributed by atoms with Crippen molar-refractivity contribution in [2.24, 2.45) is 0 Å². The lowest BCUT2D eigenvalue weighted by atomic mass is 10.1. The average Bonchev–Trinajstić information content (AvgIpc) is 2.86. The molecule has 0 saturated heterocycles. The number of hydrogen-bond acceptors (Lipinski definition) is 5. The summed E-state index contributed by atoms with van der Waals surface area (Å²) >= 11 is 1.24. The van der Waals surface area contributed by atoms with Crippen molar-refractivity contribution < 1.29 is 14.3 Å². The van der Waals surface area contributed by atoms with Gasteiger partial charge >= 0.3 is 5.97 Å². The molecule has 0 saturated carbocycles. The van der Waals surface area contributed by atoms with E-state index in [0.29, 0.717) is 21.0 Å². The number of carbonyl (C=O) groups is 2. The van der Waals surface area contributed by atoms with Gasteiger partial charge in [-0.05, 0) is 38.0 Å². The topological polar surface area (TPSA) is 67.4 Å². The summed E-state index contributed by atoms with van der Waals surface area (Å²) in [5, 5.41) is 6.48. The van der Waals surface area contributed by atoms with E-state index >= 15 is 0 Å². The number of anilines is 2. The number of methoxy groups -OCH3 is 1. The number of esters is 1. The molecule has 6 heteroatoms. The Hall–Kier alpha value is -2.34. The van der Waals surface area contributed by atoms with Crippen LogP contribution in [-0.4, -0.2) is 26.0 Å². The molecule has 0 spiro atoms. The van der Waals surface area contributed by atoms with Crippen LogP contribution in [0.15, 0.2) is 18.2 Å². The molecular formula is C17H20N2O3S. The summed E-state index contributed by atoms with van der Waals surface area (Å²) in [6, 6.07) is 5.84. The summed E-state index contributed by atoms with van der Waals surface area (Å²) in [7, 11) is 3.04. The molecule has 0 aliphatic heterocycles. The molecule has 2 rings (SSSR count). The van der Waals surface area contributed by atoms with Crippen LogP contribution >= 0.6 is 11.3 Å². The summed E-state index contributed by atoms with van der Waals surface area (Å²) in [5.41, 5.74) is 3.92. The highest BCUT2D eigenvalue weighted by atomic mass is 32.1. The zero-order valence-corrected chi connectivity index (χ0v) is 14.7. The average molecular weight is 332 g/mol. The van der Waals surface area contributed by atoms with Crippen LogP contribution in [0.1, 0.15) is 36.7 Å². The third-order valence-corrected chi connectivity index (χ3v) is 4.91. The van der Waals surface area contributed by atoms with E-state index in [1.54, 1.807) is 14.0 Å². The highest BCUT2D eigenvalue weighted by molar-refractivity contribution is 7.18. The third-order valence-electron chi connectivity index (χ3n) is 3.60. The van der Waals surface area contributed by atoms with Gasteiger partial charge in [-0.3, -0.25) is 4.79 Å². The van der Waals surface area contributed by atoms with Crippen LogP contribution in [0.2, 0.25) is 0 Å². The van der Waals surface area contributed by atoms with E-state index in [4.69, 9.17) is 4.74 Å². The van der Waals surface area contributed by atoms with Gasteiger partial charge in [-0.1, -0.05) is 17.7 Å². The molecule has 0 aliphatic rings. The zero-order chi connectivity index (χ0) is 17.1. The minimum Gasteiger partial charge on any atom is -0.465 e. The van der Waals surface area contributed by atoms with Crippen molar-refractivity contribution in [1.82, 2.24) is 0 Å². The molecule has 2 aromatic rings. The monoisotopic (exact) mass is 332 g/mol. The van der Waals surface area contributed by atoms with E-state index in [2.05, 4.69) is 10.6 Å². The number of thiophene rings is 1. The Labute approximate surface area is 139 Å². The fourth-order valence-corrected chi connectivity index (χ4v) is 3.43. The van der Waals surface area contributed by atoms with Gasteiger partial charge in [0.05, 0.1) is 17.6 Å². The second-order valence-electron chi connectivity index (χ2n) is 5.27. The van der Waals surface area contributed by atoms with Gasteiger partial charge in [0.25, 0.3) is 5.91 Å². The van der Waals surface area contributed by atoms with Gasteiger partial charge in [-0.25, -0.2) is 4.79 Å². The first kappa shape index (κ1) is 17.0. The summed E-state index contributed by atoms with van der Waals surface area (Å²) < 4.78 is 4.80. The molecule has 0 radical (unpaired) electrons. The summed E-state index contributed by atoms with van der Waals surface area (Å²) in [5.74, 6) is -0.681. The van der Waals surface area contributed by atoms with Crippen molar-refractivity contribution >= 4 is 33.9 Å². The standard InChI is InChI=1S/C17H20N2O3S/c1-9-6-7-12(10(2)8-9)19-15(20)14-11(3)13(17(21)22-5)16(18-4)23-14/h6-8,18H,1-5H3,(H,19,20). The first-order chi connectivity index (χ1) is 10.9. The number of amides is 1. The SMILES string of the molecule is CNc1sc(C(=O)Nc2ccc(C)cc2C)c(C)c1C(=O)OC. The third kappa shape index (κ3) is 3.37. The van der Waals surface area contributed by atoms with E-state index < -0.39 is 5.97 Å². The van der Waals surface area contributed by atoms with Crippen LogP contribution in [0.4, 0.5) is 10.7 Å². The van der Waals surface area contributed by atoms with E-state index in [1.165, 1.54) is 18.4 Å². The Morgan fingerprint density at radius 2 is 1.87 bits per heavy atom. The van der Waals surface area contributed by atoms with Crippen LogP contribution < -0.4 is 10.6 Å². The van der Waals surface area contributed by atoms with Crippen LogP contribution in [0.5, 0.6) is 0 Å². The van der Waals surface area contributed by atoms with Crippen LogP contribution in [0.3, 0.4) is 0 Å². The van der Waals surface area contributed by atoms with Gasteiger partial charge in [0.15, 0.2) is 0 Å². The quantitative estimate of drug-likeness (QED) is 0.837. The van der Waals surface area contributed by atoms with Gasteiger partial charge in [0, 0.05) is 12.7 Å². The van der Waals surface area contributed by atoms with E-state index in [9.17, 15) is 9.59 Å². The van der Waals surface area contributed by atoms with Crippen molar-refractivity contribution in [1.29, 1.82) is 0 Å². The molecule has 2 N–H and O–H groups in total. The smallest absolute Gasteiger partial charge is 0.341 e. The fraction of sp³-hybridized carbons (Fsp3) is 0.294. The van der Waals surface area contributed by atoms with Gasteiger partial charge in [-0.2, -0.15) is 0 Å². The summed E-state index contributed by atoms with van der Waals surface area (Å²) in [6.45, 7) is 5.70. The number of hydrogen-bond donors (Lipinski definition) is 2. The molecule has 1 heterocycles. The maximum Gasteiger partial charge on any atom is 0.341 e. The summed E-state index contributed by atoms with van der Waals surface area (Å²) in [6.07, 6.45) is 0. The number of carbonyl (C=O) groups excluding carboxylic acids is 2. The van der Waals surface area contributed by atoms with E-state index in [1.807, 2.05) is 32.0 Å². The molecule has 122 valence electrons. The molecule has 23 heavy (non-hydrogen) atoms. The van der Waals surface area contributed by atoms with Crippen LogP contribution in [0, 0.1) is 20.8 Å². The maximum absolute atomic E-state index is 12.6. The lowest BCUT2D eigenvalue weighted by Gasteiger charge is -2.08. The minimum atomic E-state index is -0.450. The number of benzene rings is 1. The molecule has 0 atom stereocenters. The first-order valence-corrected chi connectivity index (χ1v) is 7.98. The highest BCUT2D eigenvalue weighted by Crippen LogP contribution is 2.34. The van der Waals surface area contributed by atoms with Gasteiger partial charge < -0.3 is 15.4 Å². The number of ether oxygens (including phenoxy) is 1. The predicted molar refractivity (Wildman–Crippen MR) is 93.8 cm³/mol. The van der Waals surface area contributed by atoms with Gasteiger partial charge in [0.2, 0.25) is 0 Å². The molecule has 0 fully saturated rings. The Kier molecular flexibility index (Phi) is 5.05. The molecule has 1 aromatic carbocycles. The Morgan fingerprint density at radius 3 is 2.43 bits per heavy atom. The molecule has 0 unspecified atom stereocenters. The van der Waals surface area contributed by atoms with Crippen LogP contribution in [0.25, 0.3) is 0 Å². The summed E-state index contributed by atoms with van der Waals surface area (Å²) in [4.78, 5) is 25.0. The fourth-order valence-electron chi connectivity index (χ4n) is 2.39. The zero-order valence-electron chi connectivity index (χ0n) is 13.9. The number of nitrogens with one attached hydrogen (secondary N) is 2. The molecule has 1 amide bonds. The van der Waals surface area contributed by atoms with Crippen molar-refractivity contribution in [3.05, 3.63) is 45.3 Å². The van der Waals surface area contributed by atoms with Gasteiger partial charge in [0.1, 0.15) is 5.00 Å². The number of aryl methyl sites for hydroxylation is 2. The Balaban J connectivity index is 2.36. The molecule has 1 aromatic heterocycles. The molecule has 0 aliphatic carbocycles. The van der Waals surface area contributed by atoms with Crippen LogP contribution in [-0.2, 0) is 4.74 Å². The van der Waals surface area contributed by atoms with Crippen molar-refractivity contribution in [3.63, 3.8) is 0 Å². The van der Waals surface area contributed by atoms with E-state index in [0.717, 1.165) is 16.8 Å². The molecular weight excluding hydrogens is 312 g/mol.